The molecule has 3 aromatic carbocycles. The third-order valence-electron chi connectivity index (χ3n) is 4.35. The summed E-state index contributed by atoms with van der Waals surface area (Å²) in [6, 6.07) is 24.1. The number of nitrogens with zero attached hydrogens (tertiary/aromatic N) is 2. The smallest absolute Gasteiger partial charge is 0.255 e. The summed E-state index contributed by atoms with van der Waals surface area (Å²) < 4.78 is 11.1. The molecule has 0 radical (unpaired) electrons. The number of amides is 1. The number of para-hydroxylation sites is 1. The number of hydrogen-bond donors (Lipinski definition) is 1. The van der Waals surface area contributed by atoms with E-state index in [0.717, 1.165) is 5.56 Å². The van der Waals surface area contributed by atoms with Gasteiger partial charge in [0.05, 0.1) is 17.1 Å². The van der Waals surface area contributed by atoms with E-state index in [1.165, 1.54) is 0 Å². The number of rotatable bonds is 7. The number of halogens is 1. The highest BCUT2D eigenvalue weighted by Crippen LogP contribution is 2.25. The normalized spacial score (nSPS) is 10.6. The van der Waals surface area contributed by atoms with E-state index < -0.39 is 0 Å². The van der Waals surface area contributed by atoms with E-state index >= 15 is 0 Å². The lowest BCUT2D eigenvalue weighted by Crippen LogP contribution is -2.23. The molecule has 0 unspecified atom stereocenters. The second-order valence-electron chi connectivity index (χ2n) is 6.44. The molecular formula is C23H18ClN3O3. The third-order valence-corrected chi connectivity index (χ3v) is 4.68. The Kier molecular flexibility index (Phi) is 6.06. The second kappa shape index (κ2) is 9.24. The zero-order chi connectivity index (χ0) is 20.8. The highest BCUT2D eigenvalue weighted by molar-refractivity contribution is 6.33. The third kappa shape index (κ3) is 4.67. The fourth-order valence-electron chi connectivity index (χ4n) is 2.85. The summed E-state index contributed by atoms with van der Waals surface area (Å²) in [5.74, 6) is 0.856. The molecule has 4 aromatic rings. The maximum atomic E-state index is 12.7. The lowest BCUT2D eigenvalue weighted by atomic mass is 10.2. The van der Waals surface area contributed by atoms with Crippen LogP contribution in [-0.2, 0) is 13.2 Å². The molecule has 7 heteroatoms. The first kappa shape index (κ1) is 19.7. The molecule has 0 bridgehead atoms. The Balaban J connectivity index is 1.41. The summed E-state index contributed by atoms with van der Waals surface area (Å²) in [4.78, 5) is 17.0. The predicted octanol–water partition coefficient (Wildman–Crippen LogP) is 4.90. The summed E-state index contributed by atoms with van der Waals surface area (Å²) in [7, 11) is 0. The van der Waals surface area contributed by atoms with Gasteiger partial charge in [-0.05, 0) is 29.8 Å². The van der Waals surface area contributed by atoms with Gasteiger partial charge in [-0.15, -0.1) is 0 Å². The Morgan fingerprint density at radius 2 is 1.70 bits per heavy atom. The van der Waals surface area contributed by atoms with Crippen molar-refractivity contribution < 1.29 is 14.1 Å². The molecule has 1 amide bonds. The van der Waals surface area contributed by atoms with Crippen LogP contribution in [0.1, 0.15) is 21.8 Å². The minimum Gasteiger partial charge on any atom is -0.488 e. The molecule has 0 fully saturated rings. The molecule has 4 rings (SSSR count). The van der Waals surface area contributed by atoms with Gasteiger partial charge in [-0.1, -0.05) is 71.4 Å². The van der Waals surface area contributed by atoms with Crippen LogP contribution in [0.4, 0.5) is 0 Å². The first-order valence-corrected chi connectivity index (χ1v) is 9.70. The van der Waals surface area contributed by atoms with Gasteiger partial charge in [0, 0.05) is 5.56 Å². The monoisotopic (exact) mass is 419 g/mol. The lowest BCUT2D eigenvalue weighted by Gasteiger charge is -2.11. The molecule has 0 aliphatic carbocycles. The van der Waals surface area contributed by atoms with Gasteiger partial charge in [-0.25, -0.2) is 0 Å². The number of carbonyl (C=O) groups excluding carboxylic acids is 1. The Bertz CT molecular complexity index is 1150. The van der Waals surface area contributed by atoms with E-state index in [9.17, 15) is 4.79 Å². The quantitative estimate of drug-likeness (QED) is 0.461. The highest BCUT2D eigenvalue weighted by Gasteiger charge is 2.15. The summed E-state index contributed by atoms with van der Waals surface area (Å²) in [5, 5.41) is 7.24. The molecule has 0 saturated carbocycles. The SMILES string of the molecule is O=C(NCc1nc(-c2ccccc2Cl)no1)c1ccccc1OCc1ccccc1. The standard InChI is InChI=1S/C23H18ClN3O3/c24-19-12-6-4-10-17(19)22-26-21(30-27-22)14-25-23(28)18-11-5-7-13-20(18)29-15-16-8-2-1-3-9-16/h1-13H,14-15H2,(H,25,28). The van der Waals surface area contributed by atoms with Crippen LogP contribution in [0.2, 0.25) is 5.02 Å². The molecule has 0 saturated heterocycles. The van der Waals surface area contributed by atoms with Crippen molar-refractivity contribution in [2.75, 3.05) is 0 Å². The van der Waals surface area contributed by atoms with Gasteiger partial charge in [0.2, 0.25) is 11.7 Å². The van der Waals surface area contributed by atoms with Crippen molar-refractivity contribution in [3.8, 4) is 17.1 Å². The minimum absolute atomic E-state index is 0.0866. The number of ether oxygens (including phenoxy) is 1. The maximum Gasteiger partial charge on any atom is 0.255 e. The molecule has 150 valence electrons. The van der Waals surface area contributed by atoms with Gasteiger partial charge in [0.25, 0.3) is 5.91 Å². The molecule has 0 spiro atoms. The van der Waals surface area contributed by atoms with Gasteiger partial charge in [-0.3, -0.25) is 4.79 Å². The summed E-state index contributed by atoms with van der Waals surface area (Å²) in [6.45, 7) is 0.458. The van der Waals surface area contributed by atoms with Gasteiger partial charge in [0.1, 0.15) is 12.4 Å². The van der Waals surface area contributed by atoms with Crippen LogP contribution in [0.25, 0.3) is 11.4 Å². The van der Waals surface area contributed by atoms with Gasteiger partial charge in [-0.2, -0.15) is 4.98 Å². The van der Waals surface area contributed by atoms with Crippen LogP contribution in [0.15, 0.2) is 83.4 Å². The molecule has 0 aliphatic rings. The van der Waals surface area contributed by atoms with Crippen molar-refractivity contribution >= 4 is 17.5 Å². The van der Waals surface area contributed by atoms with Gasteiger partial charge in [0.15, 0.2) is 0 Å². The second-order valence-corrected chi connectivity index (χ2v) is 6.85. The number of nitrogens with one attached hydrogen (secondary N) is 1. The number of aromatic nitrogens is 2. The van der Waals surface area contributed by atoms with Crippen molar-refractivity contribution in [3.63, 3.8) is 0 Å². The van der Waals surface area contributed by atoms with E-state index in [1.807, 2.05) is 48.5 Å². The molecule has 30 heavy (non-hydrogen) atoms. The van der Waals surface area contributed by atoms with Crippen LogP contribution >= 0.6 is 11.6 Å². The molecule has 0 aliphatic heterocycles. The topological polar surface area (TPSA) is 77.3 Å². The minimum atomic E-state index is -0.295. The van der Waals surface area contributed by atoms with Gasteiger partial charge < -0.3 is 14.6 Å². The maximum absolute atomic E-state index is 12.7. The average Bonchev–Trinajstić information content (AvgIpc) is 3.26. The Labute approximate surface area is 178 Å². The zero-order valence-corrected chi connectivity index (χ0v) is 16.7. The highest BCUT2D eigenvalue weighted by atomic mass is 35.5. The van der Waals surface area contributed by atoms with E-state index in [-0.39, 0.29) is 18.3 Å². The first-order valence-electron chi connectivity index (χ1n) is 9.32. The average molecular weight is 420 g/mol. The fraction of sp³-hybridized carbons (Fsp3) is 0.0870. The van der Waals surface area contributed by atoms with Crippen LogP contribution in [0.5, 0.6) is 5.75 Å². The fourth-order valence-corrected chi connectivity index (χ4v) is 3.07. The van der Waals surface area contributed by atoms with Crippen LogP contribution < -0.4 is 10.1 Å². The molecular weight excluding hydrogens is 402 g/mol. The van der Waals surface area contributed by atoms with Crippen LogP contribution in [-0.4, -0.2) is 16.0 Å². The number of hydrogen-bond acceptors (Lipinski definition) is 5. The summed E-state index contributed by atoms with van der Waals surface area (Å²) in [5.41, 5.74) is 2.12. The van der Waals surface area contributed by atoms with Crippen LogP contribution in [0, 0.1) is 0 Å². The number of carbonyl (C=O) groups is 1. The Morgan fingerprint density at radius 3 is 2.53 bits per heavy atom. The van der Waals surface area contributed by atoms with Crippen molar-refractivity contribution in [2.45, 2.75) is 13.2 Å². The van der Waals surface area contributed by atoms with Crippen LogP contribution in [0.3, 0.4) is 0 Å². The predicted molar refractivity (Wildman–Crippen MR) is 113 cm³/mol. The largest absolute Gasteiger partial charge is 0.488 e. The first-order chi connectivity index (χ1) is 14.7. The molecule has 0 atom stereocenters. The Morgan fingerprint density at radius 1 is 0.967 bits per heavy atom. The Hall–Kier alpha value is -3.64. The summed E-state index contributed by atoms with van der Waals surface area (Å²) >= 11 is 6.16. The van der Waals surface area contributed by atoms with E-state index in [4.69, 9.17) is 20.9 Å². The number of benzene rings is 3. The lowest BCUT2D eigenvalue weighted by molar-refractivity contribution is 0.0941. The molecule has 6 nitrogen and oxygen atoms in total. The molecule has 1 heterocycles. The van der Waals surface area contributed by atoms with E-state index in [2.05, 4.69) is 15.5 Å². The van der Waals surface area contributed by atoms with Crippen molar-refractivity contribution in [2.24, 2.45) is 0 Å². The van der Waals surface area contributed by atoms with Crippen molar-refractivity contribution in [3.05, 3.63) is 101 Å². The zero-order valence-electron chi connectivity index (χ0n) is 15.9. The molecule has 1 aromatic heterocycles. The molecule has 1 N–H and O–H groups in total. The van der Waals surface area contributed by atoms with E-state index in [0.29, 0.717) is 34.3 Å². The van der Waals surface area contributed by atoms with Crippen molar-refractivity contribution in [1.82, 2.24) is 15.5 Å². The van der Waals surface area contributed by atoms with Crippen molar-refractivity contribution in [1.29, 1.82) is 0 Å². The summed E-state index contributed by atoms with van der Waals surface area (Å²) in [6.07, 6.45) is 0. The van der Waals surface area contributed by atoms with E-state index in [1.54, 1.807) is 30.3 Å². The van der Waals surface area contributed by atoms with Gasteiger partial charge >= 0.3 is 0 Å².